The van der Waals surface area contributed by atoms with Crippen LogP contribution >= 0.6 is 11.8 Å². The number of nitro groups is 1. The van der Waals surface area contributed by atoms with Crippen molar-refractivity contribution in [3.8, 4) is 0 Å². The number of halogens is 1. The summed E-state index contributed by atoms with van der Waals surface area (Å²) in [6.45, 7) is 1.18. The van der Waals surface area contributed by atoms with E-state index in [0.29, 0.717) is 6.07 Å². The van der Waals surface area contributed by atoms with Gasteiger partial charge in [0.2, 0.25) is 5.91 Å². The van der Waals surface area contributed by atoms with E-state index < -0.39 is 28.3 Å². The Bertz CT molecular complexity index is 564. The summed E-state index contributed by atoms with van der Waals surface area (Å²) in [4.78, 5) is 32.1. The molecule has 0 aliphatic heterocycles. The van der Waals surface area contributed by atoms with E-state index in [1.807, 2.05) is 0 Å². The number of ether oxygens (including phenoxy) is 1. The van der Waals surface area contributed by atoms with Gasteiger partial charge in [0, 0.05) is 6.92 Å². The molecule has 108 valence electrons. The van der Waals surface area contributed by atoms with Crippen molar-refractivity contribution >= 4 is 35.0 Å². The number of carbonyl (C=O) groups is 2. The molecule has 0 saturated heterocycles. The minimum atomic E-state index is -0.922. The molecule has 1 amide bonds. The zero-order valence-corrected chi connectivity index (χ0v) is 11.5. The van der Waals surface area contributed by atoms with E-state index in [1.165, 1.54) is 14.0 Å². The molecular weight excluding hydrogens is 291 g/mol. The number of nitro benzene ring substituents is 1. The summed E-state index contributed by atoms with van der Waals surface area (Å²) in [7, 11) is 1.19. The number of hydrogen-bond donors (Lipinski definition) is 1. The van der Waals surface area contributed by atoms with E-state index in [4.69, 9.17) is 0 Å². The Hall–Kier alpha value is -2.16. The SMILES string of the molecule is COC(=O)CSc1cc(NC(C)=O)c(F)cc1[N+](=O)[O-]. The summed E-state index contributed by atoms with van der Waals surface area (Å²) in [6.07, 6.45) is 0. The van der Waals surface area contributed by atoms with Crippen molar-refractivity contribution in [1.29, 1.82) is 0 Å². The highest BCUT2D eigenvalue weighted by Crippen LogP contribution is 2.33. The van der Waals surface area contributed by atoms with Gasteiger partial charge in [-0.3, -0.25) is 19.7 Å². The number of carbonyl (C=O) groups excluding carboxylic acids is 2. The molecule has 0 bridgehead atoms. The van der Waals surface area contributed by atoms with E-state index >= 15 is 0 Å². The fraction of sp³-hybridized carbons (Fsp3) is 0.273. The molecule has 0 saturated carbocycles. The Morgan fingerprint density at radius 2 is 2.15 bits per heavy atom. The van der Waals surface area contributed by atoms with Crippen LogP contribution in [0.5, 0.6) is 0 Å². The van der Waals surface area contributed by atoms with Crippen LogP contribution in [0.1, 0.15) is 6.92 Å². The first-order chi connectivity index (χ1) is 9.35. The molecule has 7 nitrogen and oxygen atoms in total. The summed E-state index contributed by atoms with van der Waals surface area (Å²) in [5, 5.41) is 13.1. The van der Waals surface area contributed by atoms with Crippen molar-refractivity contribution in [1.82, 2.24) is 0 Å². The normalized spacial score (nSPS) is 9.95. The van der Waals surface area contributed by atoms with E-state index in [-0.39, 0.29) is 16.3 Å². The number of esters is 1. The van der Waals surface area contributed by atoms with Gasteiger partial charge >= 0.3 is 5.97 Å². The molecule has 0 fully saturated rings. The van der Waals surface area contributed by atoms with Crippen molar-refractivity contribution in [2.24, 2.45) is 0 Å². The molecule has 0 aliphatic rings. The molecular formula is C11H11FN2O5S. The summed E-state index contributed by atoms with van der Waals surface area (Å²) >= 11 is 0.824. The van der Waals surface area contributed by atoms with Gasteiger partial charge in [-0.1, -0.05) is 0 Å². The quantitative estimate of drug-likeness (QED) is 0.386. The van der Waals surface area contributed by atoms with Gasteiger partial charge in [-0.2, -0.15) is 0 Å². The lowest BCUT2D eigenvalue weighted by Crippen LogP contribution is -2.09. The number of anilines is 1. The van der Waals surface area contributed by atoms with Gasteiger partial charge in [0.25, 0.3) is 5.69 Å². The molecule has 1 aromatic carbocycles. The van der Waals surface area contributed by atoms with E-state index in [1.54, 1.807) is 0 Å². The maximum absolute atomic E-state index is 13.6. The number of methoxy groups -OCH3 is 1. The molecule has 0 spiro atoms. The van der Waals surface area contributed by atoms with Crippen LogP contribution in [0.15, 0.2) is 17.0 Å². The fourth-order valence-corrected chi connectivity index (χ4v) is 2.16. The minimum absolute atomic E-state index is 0.0607. The van der Waals surface area contributed by atoms with Gasteiger partial charge in [-0.25, -0.2) is 4.39 Å². The van der Waals surface area contributed by atoms with Crippen molar-refractivity contribution in [2.75, 3.05) is 18.2 Å². The van der Waals surface area contributed by atoms with Gasteiger partial charge in [0.15, 0.2) is 5.82 Å². The highest BCUT2D eigenvalue weighted by molar-refractivity contribution is 8.00. The van der Waals surface area contributed by atoms with Crippen LogP contribution in [0.4, 0.5) is 15.8 Å². The van der Waals surface area contributed by atoms with Gasteiger partial charge < -0.3 is 10.1 Å². The number of nitrogens with one attached hydrogen (secondary N) is 1. The van der Waals surface area contributed by atoms with Crippen LogP contribution in [-0.4, -0.2) is 29.7 Å². The fourth-order valence-electron chi connectivity index (χ4n) is 1.28. The first kappa shape index (κ1) is 15.9. The first-order valence-electron chi connectivity index (χ1n) is 5.30. The highest BCUT2D eigenvalue weighted by atomic mass is 32.2. The van der Waals surface area contributed by atoms with Gasteiger partial charge in [-0.05, 0) is 6.07 Å². The zero-order valence-electron chi connectivity index (χ0n) is 10.6. The Balaban J connectivity index is 3.12. The maximum atomic E-state index is 13.6. The van der Waals surface area contributed by atoms with Crippen molar-refractivity contribution in [3.05, 3.63) is 28.1 Å². The largest absolute Gasteiger partial charge is 0.468 e. The molecule has 20 heavy (non-hydrogen) atoms. The lowest BCUT2D eigenvalue weighted by Gasteiger charge is -2.07. The summed E-state index contributed by atoms with van der Waals surface area (Å²) < 4.78 is 18.0. The molecule has 0 unspecified atom stereocenters. The van der Waals surface area contributed by atoms with E-state index in [2.05, 4.69) is 10.1 Å². The van der Waals surface area contributed by atoms with Crippen LogP contribution < -0.4 is 5.32 Å². The molecule has 0 heterocycles. The van der Waals surface area contributed by atoms with E-state index in [9.17, 15) is 24.1 Å². The highest BCUT2D eigenvalue weighted by Gasteiger charge is 2.20. The van der Waals surface area contributed by atoms with Crippen LogP contribution in [0.2, 0.25) is 0 Å². The summed E-state index contributed by atoms with van der Waals surface area (Å²) in [5.41, 5.74) is -0.666. The topological polar surface area (TPSA) is 98.5 Å². The van der Waals surface area contributed by atoms with Gasteiger partial charge in [0.1, 0.15) is 0 Å². The van der Waals surface area contributed by atoms with Crippen LogP contribution in [0, 0.1) is 15.9 Å². The lowest BCUT2D eigenvalue weighted by molar-refractivity contribution is -0.387. The number of nitrogens with zero attached hydrogens (tertiary/aromatic N) is 1. The maximum Gasteiger partial charge on any atom is 0.315 e. The average Bonchev–Trinajstić information content (AvgIpc) is 2.37. The predicted molar refractivity (Wildman–Crippen MR) is 70.1 cm³/mol. The number of hydrogen-bond acceptors (Lipinski definition) is 6. The third kappa shape index (κ3) is 4.19. The minimum Gasteiger partial charge on any atom is -0.468 e. The van der Waals surface area contributed by atoms with Crippen molar-refractivity contribution in [2.45, 2.75) is 11.8 Å². The smallest absolute Gasteiger partial charge is 0.315 e. The van der Waals surface area contributed by atoms with E-state index in [0.717, 1.165) is 17.8 Å². The third-order valence-electron chi connectivity index (χ3n) is 2.13. The third-order valence-corrected chi connectivity index (χ3v) is 3.15. The average molecular weight is 302 g/mol. The molecule has 9 heteroatoms. The number of amides is 1. The number of benzene rings is 1. The molecule has 1 N–H and O–H groups in total. The van der Waals surface area contributed by atoms with Gasteiger partial charge in [0.05, 0.1) is 34.4 Å². The second-order valence-corrected chi connectivity index (χ2v) is 4.62. The molecule has 0 aromatic heterocycles. The van der Waals surface area contributed by atoms with Crippen LogP contribution in [0.25, 0.3) is 0 Å². The first-order valence-corrected chi connectivity index (χ1v) is 6.29. The van der Waals surface area contributed by atoms with Crippen molar-refractivity contribution < 1.29 is 23.6 Å². The zero-order chi connectivity index (χ0) is 15.3. The molecule has 1 aromatic rings. The second kappa shape index (κ2) is 6.85. The molecule has 1 rings (SSSR count). The summed E-state index contributed by atoms with van der Waals surface area (Å²) in [5.74, 6) is -2.17. The Kier molecular flexibility index (Phi) is 5.44. The number of thioether (sulfide) groups is 1. The van der Waals surface area contributed by atoms with Gasteiger partial charge in [-0.15, -0.1) is 11.8 Å². The Morgan fingerprint density at radius 3 is 2.65 bits per heavy atom. The molecule has 0 aliphatic carbocycles. The Morgan fingerprint density at radius 1 is 1.50 bits per heavy atom. The molecule has 0 radical (unpaired) electrons. The Labute approximate surface area is 117 Å². The lowest BCUT2D eigenvalue weighted by atomic mass is 10.2. The monoisotopic (exact) mass is 302 g/mol. The number of rotatable bonds is 5. The summed E-state index contributed by atoms with van der Waals surface area (Å²) in [6, 6.07) is 1.81. The van der Waals surface area contributed by atoms with Crippen molar-refractivity contribution in [3.63, 3.8) is 0 Å². The van der Waals surface area contributed by atoms with Crippen LogP contribution in [0.3, 0.4) is 0 Å². The second-order valence-electron chi connectivity index (χ2n) is 3.60. The predicted octanol–water partition coefficient (Wildman–Crippen LogP) is 1.96. The van der Waals surface area contributed by atoms with Crippen LogP contribution in [-0.2, 0) is 14.3 Å². The molecule has 0 atom stereocenters. The standard InChI is InChI=1S/C11H11FN2O5S/c1-6(15)13-8-4-10(20-5-11(16)19-2)9(14(17)18)3-7(8)12/h3-4H,5H2,1-2H3,(H,13,15).